The molecule has 2 aromatic rings. The molecule has 1 heterocycles. The Morgan fingerprint density at radius 2 is 1.56 bits per heavy atom. The number of nitrogens with zero attached hydrogens (tertiary/aromatic N) is 3. The summed E-state index contributed by atoms with van der Waals surface area (Å²) in [5, 5.41) is 0. The highest BCUT2D eigenvalue weighted by atomic mass is 19.4. The van der Waals surface area contributed by atoms with Gasteiger partial charge >= 0.3 is 6.18 Å². The van der Waals surface area contributed by atoms with E-state index in [4.69, 9.17) is 0 Å². The maximum atomic E-state index is 12.7. The number of hydrogen-bond donors (Lipinski definition) is 0. The largest absolute Gasteiger partial charge is 0.417 e. The molecule has 1 aromatic heterocycles. The highest BCUT2D eigenvalue weighted by Gasteiger charge is 2.33. The first-order valence-electron chi connectivity index (χ1n) is 4.37. The molecule has 0 amide bonds. The third kappa shape index (κ3) is 2.00. The second-order valence-corrected chi connectivity index (χ2v) is 3.01. The van der Waals surface area contributed by atoms with Gasteiger partial charge in [-0.25, -0.2) is 15.0 Å². The summed E-state index contributed by atoms with van der Waals surface area (Å²) in [4.78, 5) is 11.0. The lowest BCUT2D eigenvalue weighted by Crippen LogP contribution is -2.07. The van der Waals surface area contributed by atoms with E-state index in [1.54, 1.807) is 0 Å². The van der Waals surface area contributed by atoms with Crippen molar-refractivity contribution in [2.24, 2.45) is 0 Å². The Labute approximate surface area is 89.0 Å². The summed E-state index contributed by atoms with van der Waals surface area (Å²) >= 11 is 0. The molecule has 0 saturated carbocycles. The Hall–Kier alpha value is -1.98. The number of aromatic nitrogens is 3. The maximum Gasteiger partial charge on any atom is 0.417 e. The van der Waals surface area contributed by atoms with Crippen molar-refractivity contribution in [2.45, 2.75) is 6.18 Å². The predicted molar refractivity (Wildman–Crippen MR) is 50.3 cm³/mol. The summed E-state index contributed by atoms with van der Waals surface area (Å²) in [6.45, 7) is 0. The molecule has 0 aliphatic carbocycles. The van der Waals surface area contributed by atoms with Gasteiger partial charge < -0.3 is 0 Å². The summed E-state index contributed by atoms with van der Waals surface area (Å²) in [7, 11) is 0. The van der Waals surface area contributed by atoms with Gasteiger partial charge in [0.2, 0.25) is 0 Å². The molecule has 3 nitrogen and oxygen atoms in total. The van der Waals surface area contributed by atoms with Gasteiger partial charge in [0.25, 0.3) is 0 Å². The molecular formula is C10H6F3N3. The minimum Gasteiger partial charge on any atom is -0.225 e. The van der Waals surface area contributed by atoms with Crippen molar-refractivity contribution in [3.05, 3.63) is 42.5 Å². The fourth-order valence-corrected chi connectivity index (χ4v) is 1.30. The zero-order valence-electron chi connectivity index (χ0n) is 7.94. The van der Waals surface area contributed by atoms with Crippen LogP contribution in [0.3, 0.4) is 0 Å². The van der Waals surface area contributed by atoms with Crippen LogP contribution in [0.1, 0.15) is 5.56 Å². The number of benzene rings is 1. The Balaban J connectivity index is 2.58. The van der Waals surface area contributed by atoms with E-state index in [0.717, 1.165) is 18.7 Å². The molecule has 0 N–H and O–H groups in total. The van der Waals surface area contributed by atoms with E-state index in [0.29, 0.717) is 0 Å². The van der Waals surface area contributed by atoms with Crippen molar-refractivity contribution < 1.29 is 13.2 Å². The number of alkyl halides is 3. The molecule has 0 aliphatic rings. The lowest BCUT2D eigenvalue weighted by atomic mass is 10.1. The molecule has 0 aliphatic heterocycles. The van der Waals surface area contributed by atoms with E-state index >= 15 is 0 Å². The summed E-state index contributed by atoms with van der Waals surface area (Å²) in [6.07, 6.45) is -2.09. The van der Waals surface area contributed by atoms with Crippen LogP contribution in [0.5, 0.6) is 0 Å². The minimum atomic E-state index is -4.41. The zero-order valence-corrected chi connectivity index (χ0v) is 7.94. The molecule has 0 fully saturated rings. The monoisotopic (exact) mass is 225 g/mol. The standard InChI is InChI=1S/C10H6F3N3/c11-10(12,13)8-4-2-1-3-7(8)9-15-5-14-6-16-9/h1-6H. The van der Waals surface area contributed by atoms with Crippen molar-refractivity contribution in [3.8, 4) is 11.4 Å². The van der Waals surface area contributed by atoms with Crippen molar-refractivity contribution in [1.29, 1.82) is 0 Å². The lowest BCUT2D eigenvalue weighted by molar-refractivity contribution is -0.137. The van der Waals surface area contributed by atoms with Crippen molar-refractivity contribution in [3.63, 3.8) is 0 Å². The first-order chi connectivity index (χ1) is 7.59. The predicted octanol–water partition coefficient (Wildman–Crippen LogP) is 2.56. The number of halogens is 3. The average Bonchev–Trinajstić information content (AvgIpc) is 2.29. The van der Waals surface area contributed by atoms with Gasteiger partial charge in [-0.1, -0.05) is 18.2 Å². The summed E-state index contributed by atoms with van der Waals surface area (Å²) in [6, 6.07) is 5.17. The van der Waals surface area contributed by atoms with Crippen LogP contribution < -0.4 is 0 Å². The normalized spacial score (nSPS) is 11.4. The van der Waals surface area contributed by atoms with E-state index in [-0.39, 0.29) is 11.4 Å². The van der Waals surface area contributed by atoms with E-state index in [9.17, 15) is 13.2 Å². The van der Waals surface area contributed by atoms with Gasteiger partial charge in [-0.15, -0.1) is 0 Å². The summed E-state index contributed by atoms with van der Waals surface area (Å²) in [5.41, 5.74) is -0.793. The third-order valence-corrected chi connectivity index (χ3v) is 1.97. The molecule has 16 heavy (non-hydrogen) atoms. The van der Waals surface area contributed by atoms with Crippen LogP contribution in [0.15, 0.2) is 36.9 Å². The van der Waals surface area contributed by atoms with Crippen LogP contribution in [0.4, 0.5) is 13.2 Å². The van der Waals surface area contributed by atoms with Crippen molar-refractivity contribution in [1.82, 2.24) is 15.0 Å². The van der Waals surface area contributed by atoms with Crippen molar-refractivity contribution >= 4 is 0 Å². The SMILES string of the molecule is FC(F)(F)c1ccccc1-c1ncncn1. The van der Waals surface area contributed by atoms with Gasteiger partial charge in [0.1, 0.15) is 12.7 Å². The quantitative estimate of drug-likeness (QED) is 0.748. The molecule has 0 radical (unpaired) electrons. The maximum absolute atomic E-state index is 12.7. The molecule has 0 saturated heterocycles. The van der Waals surface area contributed by atoms with Gasteiger partial charge in [0.15, 0.2) is 5.82 Å². The molecule has 0 unspecified atom stereocenters. The first kappa shape index (κ1) is 10.5. The lowest BCUT2D eigenvalue weighted by Gasteiger charge is -2.10. The molecule has 6 heteroatoms. The van der Waals surface area contributed by atoms with Gasteiger partial charge in [-0.05, 0) is 6.07 Å². The van der Waals surface area contributed by atoms with Crippen LogP contribution in [-0.2, 0) is 6.18 Å². The highest BCUT2D eigenvalue weighted by Crippen LogP contribution is 2.35. The Kier molecular flexibility index (Phi) is 2.55. The van der Waals surface area contributed by atoms with E-state index < -0.39 is 11.7 Å². The van der Waals surface area contributed by atoms with E-state index in [1.165, 1.54) is 18.2 Å². The molecule has 82 valence electrons. The molecule has 0 atom stereocenters. The van der Waals surface area contributed by atoms with Crippen LogP contribution in [0.25, 0.3) is 11.4 Å². The van der Waals surface area contributed by atoms with Crippen LogP contribution in [0, 0.1) is 0 Å². The van der Waals surface area contributed by atoms with Crippen LogP contribution in [0.2, 0.25) is 0 Å². The third-order valence-electron chi connectivity index (χ3n) is 1.97. The Morgan fingerprint density at radius 3 is 2.19 bits per heavy atom. The van der Waals surface area contributed by atoms with Gasteiger partial charge in [-0.2, -0.15) is 13.2 Å². The van der Waals surface area contributed by atoms with Crippen LogP contribution >= 0.6 is 0 Å². The molecule has 1 aromatic carbocycles. The topological polar surface area (TPSA) is 38.7 Å². The van der Waals surface area contributed by atoms with E-state index in [1.807, 2.05) is 0 Å². The van der Waals surface area contributed by atoms with Gasteiger partial charge in [-0.3, -0.25) is 0 Å². The van der Waals surface area contributed by atoms with Gasteiger partial charge in [0, 0.05) is 5.56 Å². The van der Waals surface area contributed by atoms with Gasteiger partial charge in [0.05, 0.1) is 5.56 Å². The zero-order chi connectivity index (χ0) is 11.6. The number of hydrogen-bond acceptors (Lipinski definition) is 3. The Bertz CT molecular complexity index is 482. The highest BCUT2D eigenvalue weighted by molar-refractivity contribution is 5.60. The minimum absolute atomic E-state index is 0.0166. The number of rotatable bonds is 1. The summed E-state index contributed by atoms with van der Waals surface area (Å²) in [5.74, 6) is 0.0166. The first-order valence-corrected chi connectivity index (χ1v) is 4.37. The molecule has 0 bridgehead atoms. The Morgan fingerprint density at radius 1 is 0.938 bits per heavy atom. The molecule has 0 spiro atoms. The van der Waals surface area contributed by atoms with Crippen molar-refractivity contribution in [2.75, 3.05) is 0 Å². The fraction of sp³-hybridized carbons (Fsp3) is 0.100. The fourth-order valence-electron chi connectivity index (χ4n) is 1.30. The second kappa shape index (κ2) is 3.88. The van der Waals surface area contributed by atoms with E-state index in [2.05, 4.69) is 15.0 Å². The average molecular weight is 225 g/mol. The molecular weight excluding hydrogens is 219 g/mol. The smallest absolute Gasteiger partial charge is 0.225 e. The molecule has 2 rings (SSSR count). The summed E-state index contributed by atoms with van der Waals surface area (Å²) < 4.78 is 38.0. The van der Waals surface area contributed by atoms with Crippen LogP contribution in [-0.4, -0.2) is 15.0 Å². The second-order valence-electron chi connectivity index (χ2n) is 3.01.